The molecule has 0 heterocycles. The Hall–Kier alpha value is -2.30. The normalized spacial score (nSPS) is 20.7. The van der Waals surface area contributed by atoms with Gasteiger partial charge in [0.25, 0.3) is 0 Å². The number of rotatable bonds is 5. The van der Waals surface area contributed by atoms with Crippen LogP contribution in [0.1, 0.15) is 25.3 Å². The van der Waals surface area contributed by atoms with Gasteiger partial charge in [-0.2, -0.15) is 0 Å². The van der Waals surface area contributed by atoms with Gasteiger partial charge in [-0.15, -0.1) is 0 Å². The minimum atomic E-state index is -0.659. The largest absolute Gasteiger partial charge is 0.464 e. The van der Waals surface area contributed by atoms with Crippen molar-refractivity contribution < 1.29 is 19.1 Å². The van der Waals surface area contributed by atoms with Crippen LogP contribution in [0.15, 0.2) is 42.1 Å². The maximum atomic E-state index is 11.8. The van der Waals surface area contributed by atoms with Crippen LogP contribution in [0.25, 0.3) is 0 Å². The number of hydrogen-bond donors (Lipinski definition) is 1. The molecule has 22 heavy (non-hydrogen) atoms. The van der Waals surface area contributed by atoms with Crippen molar-refractivity contribution in [2.24, 2.45) is 11.8 Å². The fourth-order valence-corrected chi connectivity index (χ4v) is 2.48. The Labute approximate surface area is 130 Å². The fourth-order valence-electron chi connectivity index (χ4n) is 2.48. The van der Waals surface area contributed by atoms with E-state index in [1.807, 2.05) is 30.3 Å². The van der Waals surface area contributed by atoms with Crippen LogP contribution in [0.5, 0.6) is 0 Å². The van der Waals surface area contributed by atoms with Crippen molar-refractivity contribution in [1.82, 2.24) is 5.32 Å². The van der Waals surface area contributed by atoms with Gasteiger partial charge in [-0.1, -0.05) is 43.3 Å². The second kappa shape index (κ2) is 7.64. The first kappa shape index (κ1) is 16.1. The zero-order valence-electron chi connectivity index (χ0n) is 12.9. The van der Waals surface area contributed by atoms with Crippen molar-refractivity contribution in [3.05, 3.63) is 47.7 Å². The number of benzene rings is 1. The number of carbonyl (C=O) groups is 2. The Balaban J connectivity index is 1.89. The summed E-state index contributed by atoms with van der Waals surface area (Å²) in [7, 11) is 1.29. The minimum Gasteiger partial charge on any atom is -0.464 e. The summed E-state index contributed by atoms with van der Waals surface area (Å²) in [5.74, 6) is 0.403. The third kappa shape index (κ3) is 4.62. The average molecular weight is 303 g/mol. The van der Waals surface area contributed by atoms with Gasteiger partial charge in [-0.05, 0) is 30.2 Å². The lowest BCUT2D eigenvalue weighted by Gasteiger charge is -2.30. The zero-order chi connectivity index (χ0) is 15.9. The van der Waals surface area contributed by atoms with Crippen molar-refractivity contribution in [2.75, 3.05) is 7.11 Å². The Bertz CT molecular complexity index is 547. The van der Waals surface area contributed by atoms with E-state index in [1.54, 1.807) is 6.08 Å². The molecule has 118 valence electrons. The Morgan fingerprint density at radius 1 is 1.27 bits per heavy atom. The summed E-state index contributed by atoms with van der Waals surface area (Å²) in [6.07, 6.45) is 3.13. The average Bonchev–Trinajstić information content (AvgIpc) is 2.50. The molecule has 0 bridgehead atoms. The number of esters is 1. The van der Waals surface area contributed by atoms with Crippen molar-refractivity contribution in [1.29, 1.82) is 0 Å². The maximum Gasteiger partial charge on any atom is 0.412 e. The molecule has 0 spiro atoms. The highest BCUT2D eigenvalue weighted by molar-refractivity contribution is 5.92. The lowest BCUT2D eigenvalue weighted by Crippen LogP contribution is -2.30. The molecule has 1 aromatic rings. The highest BCUT2D eigenvalue weighted by Gasteiger charge is 2.26. The molecule has 1 aliphatic rings. The lowest BCUT2D eigenvalue weighted by molar-refractivity contribution is -0.136. The van der Waals surface area contributed by atoms with E-state index in [1.165, 1.54) is 7.11 Å². The number of nitrogens with one attached hydrogen (secondary N) is 1. The second-order valence-corrected chi connectivity index (χ2v) is 5.60. The van der Waals surface area contributed by atoms with Crippen LogP contribution in [-0.2, 0) is 20.9 Å². The fraction of sp³-hybridized carbons (Fsp3) is 0.412. The quantitative estimate of drug-likeness (QED) is 0.671. The summed E-state index contributed by atoms with van der Waals surface area (Å²) in [5, 5.41) is 2.48. The molecular weight excluding hydrogens is 282 g/mol. The second-order valence-electron chi connectivity index (χ2n) is 5.60. The zero-order valence-corrected chi connectivity index (χ0v) is 12.9. The topological polar surface area (TPSA) is 64.6 Å². The van der Waals surface area contributed by atoms with E-state index in [0.29, 0.717) is 11.8 Å². The van der Waals surface area contributed by atoms with Gasteiger partial charge in [0.15, 0.2) is 0 Å². The van der Waals surface area contributed by atoms with Gasteiger partial charge in [-0.25, -0.2) is 9.59 Å². The Morgan fingerprint density at radius 3 is 2.55 bits per heavy atom. The standard InChI is InChI=1S/C17H21NO4/c1-12-8-14(9-12)10-15(16(19)21-2)18-17(20)22-11-13-6-4-3-5-7-13/h3-7,10,12,14H,8-9,11H2,1-2H3,(H,18,20)/b15-10+. The van der Waals surface area contributed by atoms with Crippen LogP contribution >= 0.6 is 0 Å². The highest BCUT2D eigenvalue weighted by Crippen LogP contribution is 2.34. The van der Waals surface area contributed by atoms with E-state index in [4.69, 9.17) is 9.47 Å². The molecule has 2 rings (SSSR count). The Morgan fingerprint density at radius 2 is 1.95 bits per heavy atom. The van der Waals surface area contributed by atoms with Gasteiger partial charge in [-0.3, -0.25) is 5.32 Å². The highest BCUT2D eigenvalue weighted by atomic mass is 16.6. The molecular formula is C17H21NO4. The predicted octanol–water partition coefficient (Wildman–Crippen LogP) is 3.02. The third-order valence-corrected chi connectivity index (χ3v) is 3.67. The van der Waals surface area contributed by atoms with Gasteiger partial charge in [0.1, 0.15) is 12.3 Å². The van der Waals surface area contributed by atoms with Gasteiger partial charge >= 0.3 is 12.1 Å². The first-order valence-electron chi connectivity index (χ1n) is 7.36. The third-order valence-electron chi connectivity index (χ3n) is 3.67. The van der Waals surface area contributed by atoms with E-state index in [-0.39, 0.29) is 12.3 Å². The molecule has 1 fully saturated rings. The number of carbonyl (C=O) groups excluding carboxylic acids is 2. The van der Waals surface area contributed by atoms with Crippen molar-refractivity contribution in [2.45, 2.75) is 26.4 Å². The SMILES string of the molecule is COC(=O)/C(=C\C1CC(C)C1)NC(=O)OCc1ccccc1. The number of amides is 1. The van der Waals surface area contributed by atoms with Gasteiger partial charge in [0.2, 0.25) is 0 Å². The summed E-state index contributed by atoms with van der Waals surface area (Å²) >= 11 is 0. The minimum absolute atomic E-state index is 0.150. The molecule has 5 heteroatoms. The molecule has 0 atom stereocenters. The first-order chi connectivity index (χ1) is 10.6. The smallest absolute Gasteiger partial charge is 0.412 e. The monoisotopic (exact) mass is 303 g/mol. The van der Waals surface area contributed by atoms with Gasteiger partial charge < -0.3 is 9.47 Å². The van der Waals surface area contributed by atoms with E-state index >= 15 is 0 Å². The van der Waals surface area contributed by atoms with E-state index in [9.17, 15) is 9.59 Å². The predicted molar refractivity (Wildman–Crippen MR) is 81.7 cm³/mol. The number of ether oxygens (including phenoxy) is 2. The molecule has 1 aromatic carbocycles. The summed E-state index contributed by atoms with van der Waals surface area (Å²) in [6, 6.07) is 9.35. The van der Waals surface area contributed by atoms with E-state index in [0.717, 1.165) is 18.4 Å². The number of methoxy groups -OCH3 is 1. The van der Waals surface area contributed by atoms with Crippen LogP contribution in [-0.4, -0.2) is 19.2 Å². The van der Waals surface area contributed by atoms with E-state index in [2.05, 4.69) is 12.2 Å². The van der Waals surface area contributed by atoms with Crippen LogP contribution in [0, 0.1) is 11.8 Å². The Kier molecular flexibility index (Phi) is 5.58. The van der Waals surface area contributed by atoms with Crippen molar-refractivity contribution in [3.63, 3.8) is 0 Å². The number of allylic oxidation sites excluding steroid dienone is 1. The summed E-state index contributed by atoms with van der Waals surface area (Å²) in [4.78, 5) is 23.5. The van der Waals surface area contributed by atoms with Crippen LogP contribution in [0.2, 0.25) is 0 Å². The van der Waals surface area contributed by atoms with Crippen LogP contribution in [0.4, 0.5) is 4.79 Å². The molecule has 1 N–H and O–H groups in total. The number of alkyl carbamates (subject to hydrolysis) is 1. The molecule has 5 nitrogen and oxygen atoms in total. The number of hydrogen-bond acceptors (Lipinski definition) is 4. The van der Waals surface area contributed by atoms with Crippen molar-refractivity contribution in [3.8, 4) is 0 Å². The van der Waals surface area contributed by atoms with Gasteiger partial charge in [0.05, 0.1) is 7.11 Å². The molecule has 0 radical (unpaired) electrons. The molecule has 1 saturated carbocycles. The summed E-state index contributed by atoms with van der Waals surface area (Å²) < 4.78 is 9.80. The van der Waals surface area contributed by atoms with E-state index < -0.39 is 12.1 Å². The molecule has 0 aliphatic heterocycles. The summed E-state index contributed by atoms with van der Waals surface area (Å²) in [6.45, 7) is 2.31. The first-order valence-corrected chi connectivity index (χ1v) is 7.36. The van der Waals surface area contributed by atoms with Crippen LogP contribution < -0.4 is 5.32 Å². The van der Waals surface area contributed by atoms with Gasteiger partial charge in [0, 0.05) is 0 Å². The lowest BCUT2D eigenvalue weighted by atomic mass is 9.76. The molecule has 0 saturated heterocycles. The molecule has 0 unspecified atom stereocenters. The van der Waals surface area contributed by atoms with Crippen molar-refractivity contribution >= 4 is 12.1 Å². The molecule has 1 amide bonds. The molecule has 0 aromatic heterocycles. The summed E-state index contributed by atoms with van der Waals surface area (Å²) in [5.41, 5.74) is 1.03. The van der Waals surface area contributed by atoms with Crippen LogP contribution in [0.3, 0.4) is 0 Å². The molecule has 1 aliphatic carbocycles. The maximum absolute atomic E-state index is 11.8.